The maximum Gasteiger partial charge on any atom is 0.142 e. The minimum Gasteiger partial charge on any atom is -0.390 e. The lowest BCUT2D eigenvalue weighted by molar-refractivity contribution is 0.132. The monoisotopic (exact) mass is 320 g/mol. The smallest absolute Gasteiger partial charge is 0.142 e. The van der Waals surface area contributed by atoms with E-state index in [0.29, 0.717) is 11.6 Å². The lowest BCUT2D eigenvalue weighted by atomic mass is 10.0. The van der Waals surface area contributed by atoms with Gasteiger partial charge in [-0.25, -0.2) is 0 Å². The molecule has 0 unspecified atom stereocenters. The summed E-state index contributed by atoms with van der Waals surface area (Å²) in [4.78, 5) is 5.33. The van der Waals surface area contributed by atoms with Crippen LogP contribution in [0.25, 0.3) is 11.1 Å². The third-order valence-corrected chi connectivity index (χ3v) is 3.60. The molecule has 0 aliphatic heterocycles. The first-order chi connectivity index (χ1) is 11.3. The summed E-state index contributed by atoms with van der Waals surface area (Å²) in [7, 11) is 0. The van der Waals surface area contributed by atoms with E-state index in [0.717, 1.165) is 16.7 Å². The van der Waals surface area contributed by atoms with Gasteiger partial charge in [-0.3, -0.25) is 0 Å². The standard InChI is InChI=1S/C20H15ClNO/c21-20-11-9-16(10-12-20)14-22-23-15-17-5-4-8-19(13-17)18-6-2-1-3-7-18/h1-13H,15H2. The fourth-order valence-corrected chi connectivity index (χ4v) is 2.31. The first-order valence-corrected chi connectivity index (χ1v) is 7.67. The van der Waals surface area contributed by atoms with E-state index in [1.807, 2.05) is 42.5 Å². The summed E-state index contributed by atoms with van der Waals surface area (Å²) in [6.45, 7) is 0.404. The average molecular weight is 321 g/mol. The molecule has 0 bridgehead atoms. The third-order valence-electron chi connectivity index (χ3n) is 3.35. The minimum absolute atomic E-state index is 0.404. The number of nitrogens with zero attached hydrogens (tertiary/aromatic N) is 1. The van der Waals surface area contributed by atoms with E-state index in [2.05, 4.69) is 35.6 Å². The molecule has 3 aromatic carbocycles. The highest BCUT2D eigenvalue weighted by molar-refractivity contribution is 6.30. The van der Waals surface area contributed by atoms with Crippen molar-refractivity contribution in [2.45, 2.75) is 6.61 Å². The zero-order chi connectivity index (χ0) is 15.9. The van der Waals surface area contributed by atoms with Gasteiger partial charge in [0.25, 0.3) is 0 Å². The first-order valence-electron chi connectivity index (χ1n) is 7.29. The lowest BCUT2D eigenvalue weighted by Gasteiger charge is -2.04. The van der Waals surface area contributed by atoms with Gasteiger partial charge in [0.05, 0.1) is 0 Å². The Morgan fingerprint density at radius 1 is 0.826 bits per heavy atom. The minimum atomic E-state index is 0.404. The van der Waals surface area contributed by atoms with Crippen molar-refractivity contribution in [2.75, 3.05) is 0 Å². The van der Waals surface area contributed by atoms with E-state index in [4.69, 9.17) is 16.4 Å². The van der Waals surface area contributed by atoms with Gasteiger partial charge >= 0.3 is 0 Å². The molecule has 0 saturated carbocycles. The Bertz CT molecular complexity index is 782. The SMILES string of the molecule is Clc1ccc(/[C]=N\OCc2cccc(-c3ccccc3)c2)cc1. The molecule has 1 radical (unpaired) electrons. The van der Waals surface area contributed by atoms with Gasteiger partial charge in [0.2, 0.25) is 0 Å². The molecule has 0 heterocycles. The fourth-order valence-electron chi connectivity index (χ4n) is 2.19. The molecule has 3 heteroatoms. The summed E-state index contributed by atoms with van der Waals surface area (Å²) in [5.41, 5.74) is 4.24. The summed E-state index contributed by atoms with van der Waals surface area (Å²) < 4.78 is 0. The molecule has 0 amide bonds. The molecular formula is C20H15ClNO. The molecule has 113 valence electrons. The Kier molecular flexibility index (Phi) is 5.07. The Morgan fingerprint density at radius 2 is 1.57 bits per heavy atom. The van der Waals surface area contributed by atoms with Gasteiger partial charge in [-0.15, -0.1) is 0 Å². The highest BCUT2D eigenvalue weighted by Gasteiger charge is 1.99. The largest absolute Gasteiger partial charge is 0.390 e. The van der Waals surface area contributed by atoms with Crippen molar-refractivity contribution in [1.82, 2.24) is 0 Å². The Hall–Kier alpha value is -2.58. The van der Waals surface area contributed by atoms with E-state index in [-0.39, 0.29) is 0 Å². The second-order valence-electron chi connectivity index (χ2n) is 5.05. The average Bonchev–Trinajstić information content (AvgIpc) is 2.61. The number of hydrogen-bond donors (Lipinski definition) is 0. The molecule has 0 atom stereocenters. The van der Waals surface area contributed by atoms with Crippen LogP contribution >= 0.6 is 11.6 Å². The van der Waals surface area contributed by atoms with Crippen molar-refractivity contribution in [3.05, 3.63) is 95.0 Å². The van der Waals surface area contributed by atoms with Gasteiger partial charge < -0.3 is 4.84 Å². The van der Waals surface area contributed by atoms with Crippen molar-refractivity contribution in [3.63, 3.8) is 0 Å². The van der Waals surface area contributed by atoms with Crippen molar-refractivity contribution in [3.8, 4) is 11.1 Å². The third kappa shape index (κ3) is 4.44. The molecule has 3 rings (SSSR count). The van der Waals surface area contributed by atoms with Crippen LogP contribution in [0.2, 0.25) is 5.02 Å². The molecular weight excluding hydrogens is 306 g/mol. The summed E-state index contributed by atoms with van der Waals surface area (Å²) in [5, 5.41) is 4.56. The quantitative estimate of drug-likeness (QED) is 0.453. The van der Waals surface area contributed by atoms with Crippen LogP contribution in [0.1, 0.15) is 11.1 Å². The van der Waals surface area contributed by atoms with E-state index < -0.39 is 0 Å². The van der Waals surface area contributed by atoms with Gasteiger partial charge in [-0.1, -0.05) is 77.4 Å². The Balaban J connectivity index is 1.61. The normalized spacial score (nSPS) is 10.8. The van der Waals surface area contributed by atoms with E-state index in [9.17, 15) is 0 Å². The van der Waals surface area contributed by atoms with Crippen LogP contribution in [0.5, 0.6) is 0 Å². The fraction of sp³-hybridized carbons (Fsp3) is 0.0500. The molecule has 23 heavy (non-hydrogen) atoms. The zero-order valence-corrected chi connectivity index (χ0v) is 13.2. The van der Waals surface area contributed by atoms with Crippen LogP contribution in [-0.2, 0) is 11.4 Å². The molecule has 0 spiro atoms. The molecule has 0 aliphatic carbocycles. The second-order valence-corrected chi connectivity index (χ2v) is 5.49. The zero-order valence-electron chi connectivity index (χ0n) is 12.4. The highest BCUT2D eigenvalue weighted by atomic mass is 35.5. The number of hydrogen-bond acceptors (Lipinski definition) is 2. The van der Waals surface area contributed by atoms with Gasteiger partial charge in [-0.05, 0) is 34.9 Å². The van der Waals surface area contributed by atoms with Crippen LogP contribution in [0, 0.1) is 0 Å². The van der Waals surface area contributed by atoms with Gasteiger partial charge in [0.1, 0.15) is 12.8 Å². The predicted molar refractivity (Wildman–Crippen MR) is 94.7 cm³/mol. The molecule has 0 saturated heterocycles. The van der Waals surface area contributed by atoms with Gasteiger partial charge in [0, 0.05) is 10.6 Å². The van der Waals surface area contributed by atoms with Crippen molar-refractivity contribution in [1.29, 1.82) is 0 Å². The van der Waals surface area contributed by atoms with Crippen molar-refractivity contribution in [2.24, 2.45) is 5.16 Å². The predicted octanol–water partition coefficient (Wildman–Crippen LogP) is 5.43. The first kappa shape index (κ1) is 15.3. The van der Waals surface area contributed by atoms with Gasteiger partial charge in [0.15, 0.2) is 0 Å². The van der Waals surface area contributed by atoms with Gasteiger partial charge in [-0.2, -0.15) is 0 Å². The summed E-state index contributed by atoms with van der Waals surface area (Å²) in [5.74, 6) is 0. The second kappa shape index (κ2) is 7.61. The van der Waals surface area contributed by atoms with Crippen LogP contribution < -0.4 is 0 Å². The Labute approximate surface area is 141 Å². The van der Waals surface area contributed by atoms with Crippen LogP contribution in [0.4, 0.5) is 0 Å². The highest BCUT2D eigenvalue weighted by Crippen LogP contribution is 2.20. The molecule has 0 aromatic heterocycles. The molecule has 2 nitrogen and oxygen atoms in total. The summed E-state index contributed by atoms with van der Waals surface area (Å²) in [6.07, 6.45) is 2.83. The van der Waals surface area contributed by atoms with Crippen LogP contribution in [-0.4, -0.2) is 6.21 Å². The topological polar surface area (TPSA) is 21.6 Å². The van der Waals surface area contributed by atoms with Crippen LogP contribution in [0.3, 0.4) is 0 Å². The summed E-state index contributed by atoms with van der Waals surface area (Å²) >= 11 is 5.83. The maximum absolute atomic E-state index is 5.83. The maximum atomic E-state index is 5.83. The van der Waals surface area contributed by atoms with E-state index >= 15 is 0 Å². The van der Waals surface area contributed by atoms with E-state index in [1.165, 1.54) is 5.56 Å². The van der Waals surface area contributed by atoms with E-state index in [1.54, 1.807) is 12.1 Å². The lowest BCUT2D eigenvalue weighted by Crippen LogP contribution is -1.89. The molecule has 0 N–H and O–H groups in total. The number of rotatable bonds is 5. The molecule has 0 fully saturated rings. The Morgan fingerprint density at radius 3 is 2.35 bits per heavy atom. The molecule has 3 aromatic rings. The number of halogens is 1. The molecule has 0 aliphatic rings. The van der Waals surface area contributed by atoms with Crippen molar-refractivity contribution < 1.29 is 4.84 Å². The number of benzene rings is 3. The van der Waals surface area contributed by atoms with Crippen LogP contribution in [0.15, 0.2) is 84.0 Å². The summed E-state index contributed by atoms with van der Waals surface area (Å²) in [6, 6.07) is 25.7. The van der Waals surface area contributed by atoms with Crippen molar-refractivity contribution >= 4 is 17.8 Å².